The third-order valence-electron chi connectivity index (χ3n) is 4.49. The van der Waals surface area contributed by atoms with E-state index in [0.29, 0.717) is 25.0 Å². The molecule has 1 saturated carbocycles. The van der Waals surface area contributed by atoms with Crippen LogP contribution in [0.1, 0.15) is 39.5 Å². The Bertz CT molecular complexity index is 327. The third kappa shape index (κ3) is 4.94. The summed E-state index contributed by atoms with van der Waals surface area (Å²) in [6.07, 6.45) is 3.46. The average molecular weight is 298 g/mol. The number of carbonyl (C=O) groups excluding carboxylic acids is 1. The van der Waals surface area contributed by atoms with Gasteiger partial charge < -0.3 is 14.7 Å². The van der Waals surface area contributed by atoms with Crippen LogP contribution in [0.5, 0.6) is 0 Å². The smallest absolute Gasteiger partial charge is 0.224 e. The number of aliphatic hydroxyl groups is 1. The van der Waals surface area contributed by atoms with Gasteiger partial charge in [0.1, 0.15) is 0 Å². The van der Waals surface area contributed by atoms with Crippen molar-refractivity contribution in [2.45, 2.75) is 51.7 Å². The van der Waals surface area contributed by atoms with Crippen molar-refractivity contribution in [1.29, 1.82) is 0 Å². The zero-order chi connectivity index (χ0) is 15.2. The Kier molecular flexibility index (Phi) is 6.45. The zero-order valence-corrected chi connectivity index (χ0v) is 13.5. The molecule has 1 saturated heterocycles. The third-order valence-corrected chi connectivity index (χ3v) is 4.49. The maximum absolute atomic E-state index is 12.1. The maximum atomic E-state index is 12.1. The maximum Gasteiger partial charge on any atom is 0.224 e. The Balaban J connectivity index is 1.65. The average Bonchev–Trinajstić information content (AvgIpc) is 2.89. The Hall–Kier alpha value is -0.650. The van der Waals surface area contributed by atoms with Gasteiger partial charge in [-0.1, -0.05) is 13.8 Å². The van der Waals surface area contributed by atoms with E-state index in [4.69, 9.17) is 4.74 Å². The van der Waals surface area contributed by atoms with Crippen LogP contribution in [0, 0.1) is 5.92 Å². The number of nitrogens with zero attached hydrogens (tertiary/aromatic N) is 2. The quantitative estimate of drug-likeness (QED) is 0.746. The number of rotatable bonds is 6. The summed E-state index contributed by atoms with van der Waals surface area (Å²) < 4.78 is 5.48. The molecule has 1 amide bonds. The SMILES string of the molecule is CC(C)COCCC(=O)N1CCN(C2CCCC2O)CC1. The van der Waals surface area contributed by atoms with Crippen molar-refractivity contribution in [3.05, 3.63) is 0 Å². The summed E-state index contributed by atoms with van der Waals surface area (Å²) in [6.45, 7) is 8.81. The van der Waals surface area contributed by atoms with Gasteiger partial charge in [0.05, 0.1) is 19.1 Å². The van der Waals surface area contributed by atoms with Crippen LogP contribution in [0.15, 0.2) is 0 Å². The standard InChI is InChI=1S/C16H30N2O3/c1-13(2)12-21-11-6-16(20)18-9-7-17(8-10-18)14-4-3-5-15(14)19/h13-15,19H,3-12H2,1-2H3. The number of piperazine rings is 1. The molecule has 0 radical (unpaired) electrons. The fourth-order valence-electron chi connectivity index (χ4n) is 3.29. The molecule has 0 spiro atoms. The largest absolute Gasteiger partial charge is 0.391 e. The molecule has 0 aromatic carbocycles. The summed E-state index contributed by atoms with van der Waals surface area (Å²) in [7, 11) is 0. The van der Waals surface area contributed by atoms with Crippen LogP contribution in [-0.2, 0) is 9.53 Å². The number of amides is 1. The first-order valence-corrected chi connectivity index (χ1v) is 8.35. The van der Waals surface area contributed by atoms with E-state index in [1.165, 1.54) is 0 Å². The molecular formula is C16H30N2O3. The summed E-state index contributed by atoms with van der Waals surface area (Å²) in [5.41, 5.74) is 0. The Morgan fingerprint density at radius 3 is 2.52 bits per heavy atom. The molecule has 1 aliphatic heterocycles. The van der Waals surface area contributed by atoms with Crippen LogP contribution in [0.2, 0.25) is 0 Å². The Labute approximate surface area is 128 Å². The first-order chi connectivity index (χ1) is 10.1. The lowest BCUT2D eigenvalue weighted by atomic mass is 10.1. The summed E-state index contributed by atoms with van der Waals surface area (Å²) >= 11 is 0. The summed E-state index contributed by atoms with van der Waals surface area (Å²) in [4.78, 5) is 16.4. The van der Waals surface area contributed by atoms with E-state index >= 15 is 0 Å². The minimum absolute atomic E-state index is 0.170. The first-order valence-electron chi connectivity index (χ1n) is 8.35. The van der Waals surface area contributed by atoms with Gasteiger partial charge >= 0.3 is 0 Å². The fourth-order valence-corrected chi connectivity index (χ4v) is 3.29. The molecule has 1 N–H and O–H groups in total. The van der Waals surface area contributed by atoms with Gasteiger partial charge in [-0.2, -0.15) is 0 Å². The van der Waals surface area contributed by atoms with Gasteiger partial charge in [0.15, 0.2) is 0 Å². The van der Waals surface area contributed by atoms with Crippen molar-refractivity contribution >= 4 is 5.91 Å². The first kappa shape index (κ1) is 16.7. The topological polar surface area (TPSA) is 53.0 Å². The van der Waals surface area contributed by atoms with Crippen molar-refractivity contribution in [2.75, 3.05) is 39.4 Å². The number of aliphatic hydroxyl groups excluding tert-OH is 1. The van der Waals surface area contributed by atoms with Gasteiger partial charge in [0.2, 0.25) is 5.91 Å². The van der Waals surface area contributed by atoms with Gasteiger partial charge in [0, 0.05) is 38.8 Å². The Morgan fingerprint density at radius 2 is 1.95 bits per heavy atom. The van der Waals surface area contributed by atoms with Crippen LogP contribution in [-0.4, -0.2) is 72.4 Å². The predicted molar refractivity (Wildman–Crippen MR) is 82.1 cm³/mol. The molecule has 0 aromatic rings. The number of hydrogen-bond acceptors (Lipinski definition) is 4. The molecule has 21 heavy (non-hydrogen) atoms. The highest BCUT2D eigenvalue weighted by atomic mass is 16.5. The van der Waals surface area contributed by atoms with Gasteiger partial charge in [-0.15, -0.1) is 0 Å². The highest BCUT2D eigenvalue weighted by molar-refractivity contribution is 5.76. The second kappa shape index (κ2) is 8.11. The molecule has 1 heterocycles. The van der Waals surface area contributed by atoms with E-state index in [9.17, 15) is 9.90 Å². The monoisotopic (exact) mass is 298 g/mol. The lowest BCUT2D eigenvalue weighted by molar-refractivity contribution is -0.134. The van der Waals surface area contributed by atoms with Crippen LogP contribution >= 0.6 is 0 Å². The molecule has 2 unspecified atom stereocenters. The van der Waals surface area contributed by atoms with Crippen molar-refractivity contribution in [3.8, 4) is 0 Å². The molecule has 122 valence electrons. The van der Waals surface area contributed by atoms with Crippen molar-refractivity contribution in [1.82, 2.24) is 9.80 Å². The molecule has 2 fully saturated rings. The van der Waals surface area contributed by atoms with Crippen molar-refractivity contribution in [3.63, 3.8) is 0 Å². The molecule has 0 aromatic heterocycles. The van der Waals surface area contributed by atoms with E-state index in [2.05, 4.69) is 18.7 Å². The fraction of sp³-hybridized carbons (Fsp3) is 0.938. The van der Waals surface area contributed by atoms with Crippen molar-refractivity contribution in [2.24, 2.45) is 5.92 Å². The van der Waals surface area contributed by atoms with Gasteiger partial charge in [-0.25, -0.2) is 0 Å². The highest BCUT2D eigenvalue weighted by Gasteiger charge is 2.33. The molecule has 5 nitrogen and oxygen atoms in total. The predicted octanol–water partition coefficient (Wildman–Crippen LogP) is 1.11. The van der Waals surface area contributed by atoms with Crippen molar-refractivity contribution < 1.29 is 14.6 Å². The number of ether oxygens (including phenoxy) is 1. The van der Waals surface area contributed by atoms with Crippen LogP contribution in [0.25, 0.3) is 0 Å². The van der Waals surface area contributed by atoms with Gasteiger partial charge in [-0.05, 0) is 25.2 Å². The lowest BCUT2D eigenvalue weighted by Gasteiger charge is -2.39. The molecule has 2 aliphatic rings. The summed E-state index contributed by atoms with van der Waals surface area (Å²) in [6, 6.07) is 0.316. The lowest BCUT2D eigenvalue weighted by Crippen LogP contribution is -2.53. The molecule has 5 heteroatoms. The number of hydrogen-bond donors (Lipinski definition) is 1. The van der Waals surface area contributed by atoms with E-state index in [1.54, 1.807) is 0 Å². The van der Waals surface area contributed by atoms with Gasteiger partial charge in [-0.3, -0.25) is 9.69 Å². The molecule has 2 atom stereocenters. The van der Waals surface area contributed by atoms with Gasteiger partial charge in [0.25, 0.3) is 0 Å². The van der Waals surface area contributed by atoms with Crippen LogP contribution in [0.4, 0.5) is 0 Å². The van der Waals surface area contributed by atoms with Crippen LogP contribution in [0.3, 0.4) is 0 Å². The van der Waals surface area contributed by atoms with E-state index < -0.39 is 0 Å². The normalized spacial score (nSPS) is 27.5. The van der Waals surface area contributed by atoms with E-state index in [0.717, 1.165) is 52.0 Å². The second-order valence-electron chi connectivity index (χ2n) is 6.70. The molecular weight excluding hydrogens is 268 g/mol. The summed E-state index contributed by atoms with van der Waals surface area (Å²) in [5.74, 6) is 0.715. The minimum atomic E-state index is -0.170. The minimum Gasteiger partial charge on any atom is -0.391 e. The summed E-state index contributed by atoms with van der Waals surface area (Å²) in [5, 5.41) is 9.97. The highest BCUT2D eigenvalue weighted by Crippen LogP contribution is 2.25. The van der Waals surface area contributed by atoms with E-state index in [1.807, 2.05) is 4.90 Å². The molecule has 0 bridgehead atoms. The van der Waals surface area contributed by atoms with E-state index in [-0.39, 0.29) is 12.0 Å². The molecule has 1 aliphatic carbocycles. The molecule has 2 rings (SSSR count). The zero-order valence-electron chi connectivity index (χ0n) is 13.5. The van der Waals surface area contributed by atoms with Crippen LogP contribution < -0.4 is 0 Å². The Morgan fingerprint density at radius 1 is 1.24 bits per heavy atom. The number of carbonyl (C=O) groups is 1. The second-order valence-corrected chi connectivity index (χ2v) is 6.70.